The Morgan fingerprint density at radius 2 is 2.00 bits per heavy atom. The third kappa shape index (κ3) is 2.30. The maximum absolute atomic E-state index is 9.78. The van der Waals surface area contributed by atoms with Crippen LogP contribution in [0.2, 0.25) is 0 Å². The zero-order valence-electron chi connectivity index (χ0n) is 8.09. The number of aliphatic hydroxyl groups is 3. The largest absolute Gasteiger partial charge is 0.392 e. The lowest BCUT2D eigenvalue weighted by Gasteiger charge is -2.34. The van der Waals surface area contributed by atoms with Crippen molar-refractivity contribution in [2.45, 2.75) is 32.7 Å². The van der Waals surface area contributed by atoms with Crippen molar-refractivity contribution >= 4 is 0 Å². The molecule has 4 atom stereocenters. The Morgan fingerprint density at radius 3 is 2.54 bits per heavy atom. The van der Waals surface area contributed by atoms with E-state index in [-0.39, 0.29) is 17.8 Å². The van der Waals surface area contributed by atoms with Gasteiger partial charge in [0.25, 0.3) is 0 Å². The Hall–Kier alpha value is -0.380. The summed E-state index contributed by atoms with van der Waals surface area (Å²) in [6.45, 7) is 3.69. The first kappa shape index (κ1) is 10.7. The first-order valence-corrected chi connectivity index (χ1v) is 4.75. The number of hydrogen-bond donors (Lipinski definition) is 3. The van der Waals surface area contributed by atoms with Gasteiger partial charge in [0, 0.05) is 11.8 Å². The summed E-state index contributed by atoms with van der Waals surface area (Å²) in [6.07, 6.45) is 2.91. The summed E-state index contributed by atoms with van der Waals surface area (Å²) in [7, 11) is 0. The van der Waals surface area contributed by atoms with Gasteiger partial charge in [-0.05, 0) is 12.3 Å². The molecule has 1 rings (SSSR count). The molecule has 0 spiro atoms. The predicted molar refractivity (Wildman–Crippen MR) is 49.8 cm³/mol. The molecule has 13 heavy (non-hydrogen) atoms. The lowest BCUT2D eigenvalue weighted by molar-refractivity contribution is -0.114. The molecule has 0 bridgehead atoms. The number of aliphatic hydroxyl groups excluding tert-OH is 2. The topological polar surface area (TPSA) is 60.7 Å². The van der Waals surface area contributed by atoms with Gasteiger partial charge in [0.1, 0.15) is 0 Å². The second-order valence-corrected chi connectivity index (χ2v) is 3.95. The number of rotatable bonds is 2. The molecule has 0 saturated carbocycles. The van der Waals surface area contributed by atoms with Crippen LogP contribution < -0.4 is 0 Å². The summed E-state index contributed by atoms with van der Waals surface area (Å²) >= 11 is 0. The van der Waals surface area contributed by atoms with Crippen molar-refractivity contribution in [3.05, 3.63) is 12.2 Å². The molecule has 0 radical (unpaired) electrons. The molecule has 0 aliphatic heterocycles. The molecule has 3 N–H and O–H groups in total. The van der Waals surface area contributed by atoms with Crippen molar-refractivity contribution in [3.63, 3.8) is 0 Å². The van der Waals surface area contributed by atoms with Crippen LogP contribution in [-0.4, -0.2) is 27.7 Å². The van der Waals surface area contributed by atoms with E-state index in [1.165, 1.54) is 0 Å². The second-order valence-electron chi connectivity index (χ2n) is 3.95. The molecular weight excluding hydrogens is 168 g/mol. The van der Waals surface area contributed by atoms with Crippen LogP contribution in [-0.2, 0) is 0 Å². The maximum Gasteiger partial charge on any atom is 0.154 e. The number of hydrogen-bond acceptors (Lipinski definition) is 3. The van der Waals surface area contributed by atoms with Crippen molar-refractivity contribution in [1.82, 2.24) is 0 Å². The molecule has 3 heteroatoms. The summed E-state index contributed by atoms with van der Waals surface area (Å²) in [6, 6.07) is 0. The zero-order valence-corrected chi connectivity index (χ0v) is 8.09. The molecule has 0 amide bonds. The molecule has 3 nitrogen and oxygen atoms in total. The van der Waals surface area contributed by atoms with E-state index in [0.717, 1.165) is 6.42 Å². The minimum absolute atomic E-state index is 0.0417. The van der Waals surface area contributed by atoms with Crippen molar-refractivity contribution < 1.29 is 15.3 Å². The molecular formula is C10H18O3. The van der Waals surface area contributed by atoms with Crippen LogP contribution in [0.15, 0.2) is 12.2 Å². The number of allylic oxidation sites excluding steroid dienone is 1. The summed E-state index contributed by atoms with van der Waals surface area (Å²) in [5.74, 6) is -0.206. The van der Waals surface area contributed by atoms with Crippen LogP contribution in [0.3, 0.4) is 0 Å². The van der Waals surface area contributed by atoms with Gasteiger partial charge in [-0.1, -0.05) is 26.0 Å². The molecule has 0 saturated heterocycles. The van der Waals surface area contributed by atoms with E-state index in [4.69, 9.17) is 10.2 Å². The quantitative estimate of drug-likeness (QED) is 0.435. The molecule has 0 aromatic carbocycles. The molecule has 0 aromatic rings. The summed E-state index contributed by atoms with van der Waals surface area (Å²) < 4.78 is 0. The van der Waals surface area contributed by atoms with E-state index in [2.05, 4.69) is 0 Å². The third-order valence-electron chi connectivity index (χ3n) is 2.97. The van der Waals surface area contributed by atoms with E-state index in [1.807, 2.05) is 19.1 Å². The fraction of sp³-hybridized carbons (Fsp3) is 0.800. The van der Waals surface area contributed by atoms with Gasteiger partial charge in [-0.2, -0.15) is 0 Å². The van der Waals surface area contributed by atoms with Crippen molar-refractivity contribution in [1.29, 1.82) is 0 Å². The van der Waals surface area contributed by atoms with E-state index in [0.29, 0.717) is 0 Å². The van der Waals surface area contributed by atoms with Gasteiger partial charge in [-0.3, -0.25) is 0 Å². The molecule has 0 fully saturated rings. The first-order valence-electron chi connectivity index (χ1n) is 4.75. The fourth-order valence-corrected chi connectivity index (χ4v) is 1.84. The maximum atomic E-state index is 9.78. The van der Waals surface area contributed by atoms with Gasteiger partial charge in [0.05, 0.1) is 6.10 Å². The van der Waals surface area contributed by atoms with Gasteiger partial charge >= 0.3 is 0 Å². The summed E-state index contributed by atoms with van der Waals surface area (Å²) in [5.41, 5.74) is 0. The molecule has 0 aromatic heterocycles. The average molecular weight is 186 g/mol. The third-order valence-corrected chi connectivity index (χ3v) is 2.97. The molecule has 76 valence electrons. The first-order chi connectivity index (χ1) is 6.04. The Balaban J connectivity index is 2.65. The van der Waals surface area contributed by atoms with Crippen molar-refractivity contribution in [2.75, 3.05) is 0 Å². The highest BCUT2D eigenvalue weighted by molar-refractivity contribution is 5.00. The highest BCUT2D eigenvalue weighted by Gasteiger charge is 2.32. The van der Waals surface area contributed by atoms with Crippen molar-refractivity contribution in [3.8, 4) is 0 Å². The van der Waals surface area contributed by atoms with Crippen molar-refractivity contribution in [2.24, 2.45) is 17.8 Å². The van der Waals surface area contributed by atoms with Crippen LogP contribution in [0.1, 0.15) is 20.3 Å². The minimum atomic E-state index is -1.33. The lowest BCUT2D eigenvalue weighted by Crippen LogP contribution is -2.37. The van der Waals surface area contributed by atoms with Gasteiger partial charge in [0.2, 0.25) is 0 Å². The summed E-state index contributed by atoms with van der Waals surface area (Å²) in [5, 5.41) is 27.8. The normalized spacial score (nSPS) is 36.6. The Kier molecular flexibility index (Phi) is 3.47. The van der Waals surface area contributed by atoms with E-state index in [1.54, 1.807) is 6.92 Å². The Labute approximate surface area is 78.7 Å². The average Bonchev–Trinajstić information content (AvgIpc) is 2.08. The van der Waals surface area contributed by atoms with Gasteiger partial charge in [0.15, 0.2) is 6.29 Å². The Bertz CT molecular complexity index is 189. The van der Waals surface area contributed by atoms with Crippen LogP contribution in [0.5, 0.6) is 0 Å². The molecule has 1 aliphatic carbocycles. The monoisotopic (exact) mass is 186 g/mol. The fourth-order valence-electron chi connectivity index (χ4n) is 1.84. The van der Waals surface area contributed by atoms with Gasteiger partial charge in [-0.15, -0.1) is 0 Å². The lowest BCUT2D eigenvalue weighted by atomic mass is 9.77. The van der Waals surface area contributed by atoms with E-state index in [9.17, 15) is 5.11 Å². The molecule has 1 aliphatic rings. The summed E-state index contributed by atoms with van der Waals surface area (Å²) in [4.78, 5) is 0. The zero-order chi connectivity index (χ0) is 10.0. The smallest absolute Gasteiger partial charge is 0.154 e. The molecule has 0 heterocycles. The van der Waals surface area contributed by atoms with Gasteiger partial charge < -0.3 is 15.3 Å². The second kappa shape index (κ2) is 4.22. The van der Waals surface area contributed by atoms with Crippen LogP contribution in [0.4, 0.5) is 0 Å². The highest BCUT2D eigenvalue weighted by atomic mass is 16.5. The Morgan fingerprint density at radius 1 is 1.38 bits per heavy atom. The van der Waals surface area contributed by atoms with Gasteiger partial charge in [-0.25, -0.2) is 0 Å². The standard InChI is InChI=1S/C10H18O3/c1-6-4-3-5-8(9(6)11)7(2)10(12)13/h3-4,6-13H,5H2,1-2H3. The SMILES string of the molecule is CC1C=CCC(C(C)C(O)O)C1O. The molecule has 4 unspecified atom stereocenters. The van der Waals surface area contributed by atoms with Crippen LogP contribution >= 0.6 is 0 Å². The van der Waals surface area contributed by atoms with Crippen LogP contribution in [0.25, 0.3) is 0 Å². The predicted octanol–water partition coefficient (Wildman–Crippen LogP) is 0.506. The van der Waals surface area contributed by atoms with Crippen LogP contribution in [0, 0.1) is 17.8 Å². The highest BCUT2D eigenvalue weighted by Crippen LogP contribution is 2.30. The van der Waals surface area contributed by atoms with E-state index >= 15 is 0 Å². The minimum Gasteiger partial charge on any atom is -0.392 e. The van der Waals surface area contributed by atoms with E-state index < -0.39 is 12.4 Å².